The SMILES string of the molecule is COC(=O)C1CN(C(=O)c2cccc(F)n2)CCO1. The minimum Gasteiger partial charge on any atom is -0.467 e. The molecule has 0 spiro atoms. The maximum atomic E-state index is 13.0. The highest BCUT2D eigenvalue weighted by molar-refractivity contribution is 5.92. The quantitative estimate of drug-likeness (QED) is 0.567. The number of morpholine rings is 1. The van der Waals surface area contributed by atoms with Gasteiger partial charge in [-0.1, -0.05) is 6.07 Å². The largest absolute Gasteiger partial charge is 0.467 e. The van der Waals surface area contributed by atoms with Gasteiger partial charge in [0.05, 0.1) is 20.3 Å². The Kier molecular flexibility index (Phi) is 4.06. The Morgan fingerprint density at radius 2 is 2.32 bits per heavy atom. The average molecular weight is 268 g/mol. The normalized spacial score (nSPS) is 19.1. The van der Waals surface area contributed by atoms with Crippen molar-refractivity contribution in [1.82, 2.24) is 9.88 Å². The van der Waals surface area contributed by atoms with Crippen LogP contribution in [-0.2, 0) is 14.3 Å². The fourth-order valence-corrected chi connectivity index (χ4v) is 1.80. The van der Waals surface area contributed by atoms with E-state index in [9.17, 15) is 14.0 Å². The molecule has 1 unspecified atom stereocenters. The van der Waals surface area contributed by atoms with E-state index in [0.717, 1.165) is 6.07 Å². The second-order valence-electron chi connectivity index (χ2n) is 3.98. The molecule has 1 aliphatic heterocycles. The van der Waals surface area contributed by atoms with Crippen molar-refractivity contribution in [2.75, 3.05) is 26.8 Å². The smallest absolute Gasteiger partial charge is 0.336 e. The summed E-state index contributed by atoms with van der Waals surface area (Å²) in [6, 6.07) is 4.00. The van der Waals surface area contributed by atoms with Crippen LogP contribution in [0.2, 0.25) is 0 Å². The average Bonchev–Trinajstić information content (AvgIpc) is 2.45. The number of esters is 1. The Bertz CT molecular complexity index is 494. The molecular formula is C12H13FN2O4. The molecule has 2 rings (SSSR count). The second-order valence-corrected chi connectivity index (χ2v) is 3.98. The number of carbonyl (C=O) groups is 2. The molecular weight excluding hydrogens is 255 g/mol. The fourth-order valence-electron chi connectivity index (χ4n) is 1.80. The van der Waals surface area contributed by atoms with E-state index < -0.39 is 23.9 Å². The fraction of sp³-hybridized carbons (Fsp3) is 0.417. The van der Waals surface area contributed by atoms with E-state index in [-0.39, 0.29) is 18.8 Å². The van der Waals surface area contributed by atoms with Gasteiger partial charge < -0.3 is 14.4 Å². The van der Waals surface area contributed by atoms with Crippen molar-refractivity contribution in [3.63, 3.8) is 0 Å². The predicted molar refractivity (Wildman–Crippen MR) is 61.9 cm³/mol. The molecule has 1 saturated heterocycles. The molecule has 0 radical (unpaired) electrons. The van der Waals surface area contributed by atoms with Crippen molar-refractivity contribution >= 4 is 11.9 Å². The zero-order chi connectivity index (χ0) is 13.8. The van der Waals surface area contributed by atoms with Gasteiger partial charge in [0.1, 0.15) is 5.69 Å². The standard InChI is InChI=1S/C12H13FN2O4/c1-18-12(17)9-7-15(5-6-19-9)11(16)8-3-2-4-10(13)14-8/h2-4,9H,5-7H2,1H3. The van der Waals surface area contributed by atoms with Gasteiger partial charge in [-0.25, -0.2) is 9.78 Å². The lowest BCUT2D eigenvalue weighted by molar-refractivity contribution is -0.158. The monoisotopic (exact) mass is 268 g/mol. The summed E-state index contributed by atoms with van der Waals surface area (Å²) >= 11 is 0. The van der Waals surface area contributed by atoms with Crippen LogP contribution in [0, 0.1) is 5.95 Å². The van der Waals surface area contributed by atoms with Gasteiger partial charge >= 0.3 is 5.97 Å². The van der Waals surface area contributed by atoms with Crippen LogP contribution in [-0.4, -0.2) is 54.7 Å². The van der Waals surface area contributed by atoms with Gasteiger partial charge in [0.25, 0.3) is 5.91 Å². The van der Waals surface area contributed by atoms with E-state index in [0.29, 0.717) is 6.54 Å². The second kappa shape index (κ2) is 5.75. The highest BCUT2D eigenvalue weighted by atomic mass is 19.1. The van der Waals surface area contributed by atoms with Gasteiger partial charge in [-0.3, -0.25) is 4.79 Å². The van der Waals surface area contributed by atoms with Crippen molar-refractivity contribution in [3.8, 4) is 0 Å². The van der Waals surface area contributed by atoms with Crippen LogP contribution in [0.5, 0.6) is 0 Å². The number of carbonyl (C=O) groups excluding carboxylic acids is 2. The van der Waals surface area contributed by atoms with Crippen molar-refractivity contribution in [2.45, 2.75) is 6.10 Å². The van der Waals surface area contributed by atoms with Crippen molar-refractivity contribution < 1.29 is 23.5 Å². The molecule has 1 aliphatic rings. The molecule has 1 fully saturated rings. The van der Waals surface area contributed by atoms with Gasteiger partial charge in [-0.2, -0.15) is 4.39 Å². The first-order chi connectivity index (χ1) is 9.11. The van der Waals surface area contributed by atoms with Gasteiger partial charge in [0.15, 0.2) is 6.10 Å². The number of halogens is 1. The summed E-state index contributed by atoms with van der Waals surface area (Å²) in [4.78, 5) is 28.4. The molecule has 6 nitrogen and oxygen atoms in total. The van der Waals surface area contributed by atoms with E-state index in [1.807, 2.05) is 0 Å². The Morgan fingerprint density at radius 3 is 3.00 bits per heavy atom. The predicted octanol–water partition coefficient (Wildman–Crippen LogP) is 0.235. The summed E-state index contributed by atoms with van der Waals surface area (Å²) in [5.41, 5.74) is 0.00511. The summed E-state index contributed by atoms with van der Waals surface area (Å²) < 4.78 is 22.7. The first kappa shape index (κ1) is 13.4. The summed E-state index contributed by atoms with van der Waals surface area (Å²) in [6.07, 6.45) is -0.809. The van der Waals surface area contributed by atoms with Crippen LogP contribution in [0.3, 0.4) is 0 Å². The topological polar surface area (TPSA) is 68.7 Å². The number of rotatable bonds is 2. The van der Waals surface area contributed by atoms with Gasteiger partial charge in [-0.05, 0) is 12.1 Å². The lowest BCUT2D eigenvalue weighted by Crippen LogP contribution is -2.49. The number of hydrogen-bond donors (Lipinski definition) is 0. The maximum Gasteiger partial charge on any atom is 0.336 e. The Balaban J connectivity index is 2.09. The third-order valence-electron chi connectivity index (χ3n) is 2.75. The third kappa shape index (κ3) is 3.05. The lowest BCUT2D eigenvalue weighted by atomic mass is 10.2. The molecule has 1 amide bonds. The molecule has 0 aliphatic carbocycles. The number of methoxy groups -OCH3 is 1. The van der Waals surface area contributed by atoms with Crippen LogP contribution < -0.4 is 0 Å². The minimum absolute atomic E-state index is 0.00511. The molecule has 19 heavy (non-hydrogen) atoms. The van der Waals surface area contributed by atoms with Crippen LogP contribution in [0.15, 0.2) is 18.2 Å². The Hall–Kier alpha value is -2.02. The number of pyridine rings is 1. The van der Waals surface area contributed by atoms with E-state index in [1.165, 1.54) is 24.1 Å². The molecule has 2 heterocycles. The van der Waals surface area contributed by atoms with E-state index in [1.54, 1.807) is 0 Å². The molecule has 7 heteroatoms. The number of ether oxygens (including phenoxy) is 2. The van der Waals surface area contributed by atoms with Gasteiger partial charge in [0.2, 0.25) is 5.95 Å². The summed E-state index contributed by atoms with van der Waals surface area (Å²) in [5.74, 6) is -1.69. The Labute approximate surface area is 109 Å². The molecule has 0 saturated carbocycles. The van der Waals surface area contributed by atoms with Crippen LogP contribution >= 0.6 is 0 Å². The molecule has 0 aromatic carbocycles. The number of nitrogens with zero attached hydrogens (tertiary/aromatic N) is 2. The van der Waals surface area contributed by atoms with Crippen molar-refractivity contribution in [1.29, 1.82) is 0 Å². The van der Waals surface area contributed by atoms with Gasteiger partial charge in [0, 0.05) is 6.54 Å². The van der Waals surface area contributed by atoms with Crippen LogP contribution in [0.1, 0.15) is 10.5 Å². The molecule has 102 valence electrons. The molecule has 1 atom stereocenters. The van der Waals surface area contributed by atoms with E-state index in [4.69, 9.17) is 4.74 Å². The van der Waals surface area contributed by atoms with E-state index in [2.05, 4.69) is 9.72 Å². The first-order valence-corrected chi connectivity index (χ1v) is 5.73. The molecule has 1 aromatic rings. The minimum atomic E-state index is -0.809. The van der Waals surface area contributed by atoms with Crippen LogP contribution in [0.4, 0.5) is 4.39 Å². The summed E-state index contributed by atoms with van der Waals surface area (Å²) in [6.45, 7) is 0.620. The molecule has 1 aromatic heterocycles. The lowest BCUT2D eigenvalue weighted by Gasteiger charge is -2.31. The van der Waals surface area contributed by atoms with Gasteiger partial charge in [-0.15, -0.1) is 0 Å². The van der Waals surface area contributed by atoms with E-state index >= 15 is 0 Å². The van der Waals surface area contributed by atoms with Crippen molar-refractivity contribution in [3.05, 3.63) is 29.8 Å². The van der Waals surface area contributed by atoms with Crippen molar-refractivity contribution in [2.24, 2.45) is 0 Å². The molecule has 0 bridgehead atoms. The highest BCUT2D eigenvalue weighted by Gasteiger charge is 2.30. The Morgan fingerprint density at radius 1 is 1.53 bits per heavy atom. The third-order valence-corrected chi connectivity index (χ3v) is 2.75. The molecule has 0 N–H and O–H groups in total. The zero-order valence-electron chi connectivity index (χ0n) is 10.3. The number of hydrogen-bond acceptors (Lipinski definition) is 5. The maximum absolute atomic E-state index is 13.0. The summed E-state index contributed by atoms with van der Waals surface area (Å²) in [7, 11) is 1.25. The number of amides is 1. The number of aromatic nitrogens is 1. The van der Waals surface area contributed by atoms with Crippen LogP contribution in [0.25, 0.3) is 0 Å². The summed E-state index contributed by atoms with van der Waals surface area (Å²) in [5, 5.41) is 0. The highest BCUT2D eigenvalue weighted by Crippen LogP contribution is 2.10. The zero-order valence-corrected chi connectivity index (χ0v) is 10.3. The first-order valence-electron chi connectivity index (χ1n) is 5.73.